The van der Waals surface area contributed by atoms with Gasteiger partial charge in [-0.05, 0) is 48.9 Å². The van der Waals surface area contributed by atoms with Gasteiger partial charge in [-0.2, -0.15) is 0 Å². The summed E-state index contributed by atoms with van der Waals surface area (Å²) in [4.78, 5) is 28.0. The van der Waals surface area contributed by atoms with Crippen molar-refractivity contribution in [3.8, 4) is 0 Å². The van der Waals surface area contributed by atoms with Crippen molar-refractivity contribution >= 4 is 11.8 Å². The molecule has 1 aliphatic rings. The van der Waals surface area contributed by atoms with Crippen LogP contribution in [0.1, 0.15) is 40.7 Å². The average Bonchev–Trinajstić information content (AvgIpc) is 2.87. The molecule has 0 saturated carbocycles. The van der Waals surface area contributed by atoms with Gasteiger partial charge in [0.05, 0.1) is 11.0 Å². The van der Waals surface area contributed by atoms with Crippen molar-refractivity contribution in [2.75, 3.05) is 19.6 Å². The minimum atomic E-state index is -0.694. The molecule has 170 valence electrons. The fourth-order valence-corrected chi connectivity index (χ4v) is 4.61. The Morgan fingerprint density at radius 1 is 0.848 bits per heavy atom. The van der Waals surface area contributed by atoms with Crippen molar-refractivity contribution < 1.29 is 14.0 Å². The molecule has 2 amide bonds. The van der Waals surface area contributed by atoms with Gasteiger partial charge in [0.1, 0.15) is 5.82 Å². The van der Waals surface area contributed by atoms with Crippen LogP contribution in [0.2, 0.25) is 0 Å². The molecule has 0 aliphatic carbocycles. The molecule has 0 bridgehead atoms. The summed E-state index contributed by atoms with van der Waals surface area (Å²) in [5.41, 5.74) is 1.60. The Morgan fingerprint density at radius 2 is 1.45 bits per heavy atom. The van der Waals surface area contributed by atoms with Gasteiger partial charge in [-0.25, -0.2) is 4.39 Å². The van der Waals surface area contributed by atoms with Crippen LogP contribution in [0, 0.1) is 5.82 Å². The molecule has 0 aromatic heterocycles. The molecule has 0 spiro atoms. The fourth-order valence-electron chi connectivity index (χ4n) is 4.61. The van der Waals surface area contributed by atoms with Gasteiger partial charge in [0.15, 0.2) is 0 Å². The first-order chi connectivity index (χ1) is 16.1. The molecule has 0 unspecified atom stereocenters. The van der Waals surface area contributed by atoms with E-state index < -0.39 is 11.2 Å². The maximum Gasteiger partial charge on any atom is 0.256 e. The van der Waals surface area contributed by atoms with Crippen molar-refractivity contribution in [3.63, 3.8) is 0 Å². The predicted molar refractivity (Wildman–Crippen MR) is 127 cm³/mol. The highest BCUT2D eigenvalue weighted by Gasteiger charge is 2.43. The van der Waals surface area contributed by atoms with Crippen LogP contribution in [0.3, 0.4) is 0 Å². The zero-order valence-electron chi connectivity index (χ0n) is 18.7. The van der Waals surface area contributed by atoms with E-state index in [1.54, 1.807) is 17.0 Å². The number of likely N-dealkylation sites (tertiary alicyclic amines) is 1. The molecule has 4 rings (SSSR count). The fraction of sp³-hybridized carbons (Fsp3) is 0.286. The lowest BCUT2D eigenvalue weighted by molar-refractivity contribution is -0.128. The van der Waals surface area contributed by atoms with Crippen LogP contribution >= 0.6 is 0 Å². The average molecular weight is 445 g/mol. The number of aryl methyl sites for hydroxylation is 1. The van der Waals surface area contributed by atoms with Gasteiger partial charge in [0.2, 0.25) is 5.91 Å². The van der Waals surface area contributed by atoms with Crippen LogP contribution in [0.25, 0.3) is 0 Å². The molecule has 1 N–H and O–H groups in total. The monoisotopic (exact) mass is 444 g/mol. The molecule has 5 heteroatoms. The topological polar surface area (TPSA) is 49.4 Å². The summed E-state index contributed by atoms with van der Waals surface area (Å²) < 4.78 is 14.1. The third-order valence-corrected chi connectivity index (χ3v) is 6.54. The smallest absolute Gasteiger partial charge is 0.256 e. The SMILES string of the molecule is O=C(c1ccccc1F)N1CCC(C(=O)NCCCc2ccccc2)(c2ccccc2)CC1. The molecule has 1 aliphatic heterocycles. The van der Waals surface area contributed by atoms with Crippen LogP contribution in [0.5, 0.6) is 0 Å². The second kappa shape index (κ2) is 10.4. The van der Waals surface area contributed by atoms with Crippen molar-refractivity contribution in [3.05, 3.63) is 107 Å². The number of benzene rings is 3. The van der Waals surface area contributed by atoms with E-state index in [1.165, 1.54) is 17.7 Å². The molecule has 1 fully saturated rings. The van der Waals surface area contributed by atoms with Crippen LogP contribution in [0.4, 0.5) is 4.39 Å². The quantitative estimate of drug-likeness (QED) is 0.535. The number of amides is 2. The summed E-state index contributed by atoms with van der Waals surface area (Å²) >= 11 is 0. The van der Waals surface area contributed by atoms with E-state index in [0.717, 1.165) is 18.4 Å². The maximum atomic E-state index is 14.1. The van der Waals surface area contributed by atoms with Crippen LogP contribution < -0.4 is 5.32 Å². The largest absolute Gasteiger partial charge is 0.355 e. The van der Waals surface area contributed by atoms with Gasteiger partial charge in [-0.1, -0.05) is 72.8 Å². The van der Waals surface area contributed by atoms with Crippen LogP contribution in [-0.4, -0.2) is 36.3 Å². The molecule has 3 aromatic rings. The lowest BCUT2D eigenvalue weighted by Crippen LogP contribution is -2.53. The van der Waals surface area contributed by atoms with E-state index in [9.17, 15) is 14.0 Å². The lowest BCUT2D eigenvalue weighted by atomic mass is 9.72. The van der Waals surface area contributed by atoms with Gasteiger partial charge in [0, 0.05) is 19.6 Å². The number of nitrogens with zero attached hydrogens (tertiary/aromatic N) is 1. The number of hydrogen-bond acceptors (Lipinski definition) is 2. The molecule has 3 aromatic carbocycles. The standard InChI is InChI=1S/C28H29FN2O2/c29-25-16-8-7-15-24(25)26(32)31-20-17-28(18-21-31,23-13-5-2-6-14-23)27(33)30-19-9-12-22-10-3-1-4-11-22/h1-8,10-11,13-16H,9,12,17-21H2,(H,30,33). The lowest BCUT2D eigenvalue weighted by Gasteiger charge is -2.41. The van der Waals surface area contributed by atoms with Gasteiger partial charge in [0.25, 0.3) is 5.91 Å². The number of rotatable bonds is 7. The Kier molecular flexibility index (Phi) is 7.18. The Hall–Kier alpha value is -3.47. The maximum absolute atomic E-state index is 14.1. The summed E-state index contributed by atoms with van der Waals surface area (Å²) in [5, 5.41) is 3.14. The van der Waals surface area contributed by atoms with E-state index >= 15 is 0 Å². The highest BCUT2D eigenvalue weighted by atomic mass is 19.1. The number of piperidine rings is 1. The summed E-state index contributed by atoms with van der Waals surface area (Å²) in [6, 6.07) is 26.1. The molecule has 4 nitrogen and oxygen atoms in total. The molecule has 1 saturated heterocycles. The van der Waals surface area contributed by atoms with Crippen molar-refractivity contribution in [2.24, 2.45) is 0 Å². The van der Waals surface area contributed by atoms with Crippen molar-refractivity contribution in [1.29, 1.82) is 0 Å². The summed E-state index contributed by atoms with van der Waals surface area (Å²) in [7, 11) is 0. The van der Waals surface area contributed by atoms with Crippen molar-refractivity contribution in [2.45, 2.75) is 31.1 Å². The zero-order valence-corrected chi connectivity index (χ0v) is 18.7. The molecular weight excluding hydrogens is 415 g/mol. The number of carbonyl (C=O) groups is 2. The highest BCUT2D eigenvalue weighted by molar-refractivity contribution is 5.95. The van der Waals surface area contributed by atoms with E-state index in [2.05, 4.69) is 17.4 Å². The van der Waals surface area contributed by atoms with E-state index in [1.807, 2.05) is 48.5 Å². The number of halogens is 1. The predicted octanol–water partition coefficient (Wildman–Crippen LogP) is 4.75. The molecular formula is C28H29FN2O2. The van der Waals surface area contributed by atoms with Gasteiger partial charge in [-0.15, -0.1) is 0 Å². The Bertz CT molecular complexity index is 1080. The number of carbonyl (C=O) groups excluding carboxylic acids is 2. The third kappa shape index (κ3) is 5.14. The third-order valence-electron chi connectivity index (χ3n) is 6.54. The molecule has 0 atom stereocenters. The minimum Gasteiger partial charge on any atom is -0.355 e. The Balaban J connectivity index is 1.43. The first-order valence-electron chi connectivity index (χ1n) is 11.5. The second-order valence-electron chi connectivity index (χ2n) is 8.57. The Labute approximate surface area is 194 Å². The number of nitrogens with one attached hydrogen (secondary N) is 1. The summed E-state index contributed by atoms with van der Waals surface area (Å²) in [6.45, 7) is 1.40. The van der Waals surface area contributed by atoms with Gasteiger partial charge >= 0.3 is 0 Å². The van der Waals surface area contributed by atoms with Gasteiger partial charge < -0.3 is 10.2 Å². The normalized spacial score (nSPS) is 15.1. The first kappa shape index (κ1) is 22.7. The highest BCUT2D eigenvalue weighted by Crippen LogP contribution is 2.36. The molecule has 0 radical (unpaired) electrons. The molecule has 1 heterocycles. The van der Waals surface area contributed by atoms with Crippen LogP contribution in [0.15, 0.2) is 84.9 Å². The van der Waals surface area contributed by atoms with Gasteiger partial charge in [-0.3, -0.25) is 9.59 Å². The number of hydrogen-bond donors (Lipinski definition) is 1. The van der Waals surface area contributed by atoms with Crippen LogP contribution in [-0.2, 0) is 16.6 Å². The minimum absolute atomic E-state index is 0.000229. The zero-order chi connectivity index (χ0) is 23.1. The first-order valence-corrected chi connectivity index (χ1v) is 11.5. The Morgan fingerprint density at radius 3 is 2.12 bits per heavy atom. The molecule has 33 heavy (non-hydrogen) atoms. The van der Waals surface area contributed by atoms with E-state index in [4.69, 9.17) is 0 Å². The van der Waals surface area contributed by atoms with E-state index in [0.29, 0.717) is 32.5 Å². The summed E-state index contributed by atoms with van der Waals surface area (Å²) in [5.74, 6) is -0.837. The second-order valence-corrected chi connectivity index (χ2v) is 8.57. The summed E-state index contributed by atoms with van der Waals surface area (Å²) in [6.07, 6.45) is 2.77. The van der Waals surface area contributed by atoms with E-state index in [-0.39, 0.29) is 17.4 Å². The van der Waals surface area contributed by atoms with Crippen molar-refractivity contribution in [1.82, 2.24) is 10.2 Å².